The molecule has 2 saturated carbocycles. The van der Waals surface area contributed by atoms with Crippen LogP contribution in [0.3, 0.4) is 0 Å². The number of benzene rings is 1. The van der Waals surface area contributed by atoms with Gasteiger partial charge in [0, 0.05) is 31.3 Å². The van der Waals surface area contributed by atoms with Gasteiger partial charge in [-0.1, -0.05) is 40.7 Å². The molecule has 3 saturated heterocycles. The molecule has 3 aliphatic carbocycles. The standard InChI is InChI=1S/C43H75NO16.C18H24O2/c1-15-29-43(11,52)36(48)24(5)33(47)22(3)20-41(9,51)38(25(6)34(26(7)39(50)57-29)59-32-21-42(10,53-14)37(49)27(8)56-32)60-40-35(28(44(12)13)19-23(4)55-40)58-31(46)18-17-30(45)54-16-2;1-18-9-8-14-13-5-3-12(19)10-11(13)2-4-15(14)16(18)6-7-17(18)20/h22-29,32,34-38,40,48-49,51-52H,15-21H2,1-14H3;3,5,10,14-17,19-20H,2,4,6-9H2,1H3/t22-,23-,24+,25+,26-,27+,28+,29-,32+,34+,35-,36-,37+,38-,40+,41-,42-,43-;14-,15-,16+,17+,18+/m11/s1. The third-order valence-corrected chi connectivity index (χ3v) is 19.6. The molecule has 3 aliphatic heterocycles. The minimum atomic E-state index is -2.04. The number of phenols is 1. The second kappa shape index (κ2) is 26.7. The highest BCUT2D eigenvalue weighted by Crippen LogP contribution is 2.61. The maximum atomic E-state index is 14.3. The summed E-state index contributed by atoms with van der Waals surface area (Å²) in [7, 11) is 5.09. The van der Waals surface area contributed by atoms with Crippen molar-refractivity contribution in [3.05, 3.63) is 29.3 Å². The Morgan fingerprint density at radius 1 is 0.825 bits per heavy atom. The molecular weight excluding hydrogens is 1030 g/mol. The molecule has 0 bridgehead atoms. The highest BCUT2D eigenvalue weighted by Gasteiger charge is 2.56. The average Bonchev–Trinajstić information content (AvgIpc) is 3.97. The number of nitrogens with zero attached hydrogens (tertiary/aromatic N) is 1. The summed E-state index contributed by atoms with van der Waals surface area (Å²) in [5.74, 6) is -4.16. The quantitative estimate of drug-likeness (QED) is 0.0992. The number of phenolic OH excluding ortho intramolecular Hbond substituents is 1. The molecule has 0 amide bonds. The van der Waals surface area contributed by atoms with Gasteiger partial charge in [-0.3, -0.25) is 19.2 Å². The van der Waals surface area contributed by atoms with Crippen molar-refractivity contribution in [2.75, 3.05) is 27.8 Å². The lowest BCUT2D eigenvalue weighted by atomic mass is 9.55. The van der Waals surface area contributed by atoms with Crippen LogP contribution in [0.25, 0.3) is 0 Å². The number of aliphatic hydroxyl groups excluding tert-OH is 3. The highest BCUT2D eigenvalue weighted by molar-refractivity contribution is 5.83. The zero-order valence-electron chi connectivity index (χ0n) is 50.4. The maximum absolute atomic E-state index is 14.3. The number of ketones is 1. The molecule has 80 heavy (non-hydrogen) atoms. The number of aromatic hydroxyl groups is 1. The van der Waals surface area contributed by atoms with Crippen LogP contribution in [0.15, 0.2) is 18.2 Å². The lowest BCUT2D eigenvalue weighted by Gasteiger charge is -2.50. The van der Waals surface area contributed by atoms with Crippen LogP contribution in [0.1, 0.15) is 171 Å². The molecule has 19 nitrogen and oxygen atoms in total. The predicted molar refractivity (Wildman–Crippen MR) is 295 cm³/mol. The van der Waals surface area contributed by atoms with E-state index >= 15 is 0 Å². The molecule has 6 aliphatic rings. The summed E-state index contributed by atoms with van der Waals surface area (Å²) < 4.78 is 48.8. The first-order chi connectivity index (χ1) is 37.3. The normalized spacial score (nSPS) is 43.5. The molecule has 456 valence electrons. The van der Waals surface area contributed by atoms with Crippen LogP contribution >= 0.6 is 0 Å². The summed E-state index contributed by atoms with van der Waals surface area (Å²) in [6, 6.07) is 5.51. The number of rotatable bonds is 12. The number of hydrogen-bond acceptors (Lipinski definition) is 19. The molecular formula is C61H99NO18. The monoisotopic (exact) mass is 1130 g/mol. The molecule has 0 spiro atoms. The number of aryl methyl sites for hydroxylation is 1. The third kappa shape index (κ3) is 14.2. The number of aliphatic hydroxyl groups is 5. The van der Waals surface area contributed by atoms with Gasteiger partial charge in [-0.2, -0.15) is 0 Å². The molecule has 7 rings (SSSR count). The van der Waals surface area contributed by atoms with Gasteiger partial charge in [0.05, 0.1) is 79.2 Å². The molecule has 0 unspecified atom stereocenters. The number of likely N-dealkylation sites (N-methyl/N-ethyl adjacent to an activating group) is 1. The van der Waals surface area contributed by atoms with Gasteiger partial charge in [0.2, 0.25) is 0 Å². The van der Waals surface area contributed by atoms with Crippen molar-refractivity contribution in [2.45, 2.75) is 256 Å². The Morgan fingerprint density at radius 2 is 1.50 bits per heavy atom. The van der Waals surface area contributed by atoms with Gasteiger partial charge in [0.1, 0.15) is 29.3 Å². The molecule has 3 heterocycles. The third-order valence-electron chi connectivity index (χ3n) is 19.6. The van der Waals surface area contributed by atoms with Gasteiger partial charge in [0.15, 0.2) is 18.7 Å². The fourth-order valence-corrected chi connectivity index (χ4v) is 14.7. The molecule has 6 N–H and O–H groups in total. The summed E-state index contributed by atoms with van der Waals surface area (Å²) in [5.41, 5.74) is -2.06. The number of fused-ring (bicyclic) bond motifs is 5. The topological polar surface area (TPSA) is 267 Å². The second-order valence-electron chi connectivity index (χ2n) is 25.7. The Morgan fingerprint density at radius 3 is 2.14 bits per heavy atom. The summed E-state index contributed by atoms with van der Waals surface area (Å²) in [4.78, 5) is 55.6. The van der Waals surface area contributed by atoms with E-state index in [9.17, 15) is 49.8 Å². The first-order valence-corrected chi connectivity index (χ1v) is 29.6. The van der Waals surface area contributed by atoms with E-state index in [0.717, 1.165) is 25.2 Å². The van der Waals surface area contributed by atoms with Gasteiger partial charge in [0.25, 0.3) is 0 Å². The Balaban J connectivity index is 0.000000423. The smallest absolute Gasteiger partial charge is 0.311 e. The Bertz CT molecular complexity index is 2260. The summed E-state index contributed by atoms with van der Waals surface area (Å²) in [5, 5.41) is 66.8. The van der Waals surface area contributed by atoms with Crippen molar-refractivity contribution in [2.24, 2.45) is 40.9 Å². The number of esters is 3. The second-order valence-corrected chi connectivity index (χ2v) is 25.7. The number of carbonyl (C=O) groups is 4. The first kappa shape index (κ1) is 65.8. The Hall–Kier alpha value is -3.34. The van der Waals surface area contributed by atoms with Crippen molar-refractivity contribution in [1.82, 2.24) is 4.90 Å². The summed E-state index contributed by atoms with van der Waals surface area (Å²) >= 11 is 0. The van der Waals surface area contributed by atoms with E-state index in [4.69, 9.17) is 37.9 Å². The van der Waals surface area contributed by atoms with E-state index in [0.29, 0.717) is 24.0 Å². The fourth-order valence-electron chi connectivity index (χ4n) is 14.7. The van der Waals surface area contributed by atoms with Gasteiger partial charge in [-0.05, 0) is 167 Å². The zero-order valence-corrected chi connectivity index (χ0v) is 50.4. The number of ether oxygens (including phenoxy) is 8. The van der Waals surface area contributed by atoms with E-state index in [2.05, 4.69) is 13.0 Å². The number of hydrogen-bond donors (Lipinski definition) is 6. The van der Waals surface area contributed by atoms with Crippen molar-refractivity contribution >= 4 is 23.7 Å². The van der Waals surface area contributed by atoms with Crippen LogP contribution in [0.5, 0.6) is 5.75 Å². The lowest BCUT2D eigenvalue weighted by molar-refractivity contribution is -0.319. The van der Waals surface area contributed by atoms with Crippen LogP contribution in [0, 0.1) is 40.9 Å². The molecule has 19 heteroatoms. The highest BCUT2D eigenvalue weighted by atomic mass is 16.7. The molecule has 0 aromatic heterocycles. The van der Waals surface area contributed by atoms with E-state index in [1.54, 1.807) is 48.5 Å². The van der Waals surface area contributed by atoms with Gasteiger partial charge in [-0.15, -0.1) is 0 Å². The van der Waals surface area contributed by atoms with Gasteiger partial charge >= 0.3 is 17.9 Å². The molecule has 1 aromatic carbocycles. The summed E-state index contributed by atoms with van der Waals surface area (Å²) in [6.07, 6.45) is -4.35. The first-order valence-electron chi connectivity index (χ1n) is 29.6. The van der Waals surface area contributed by atoms with E-state index < -0.39 is 132 Å². The van der Waals surface area contributed by atoms with Gasteiger partial charge in [-0.25, -0.2) is 0 Å². The number of cyclic esters (lactones) is 1. The van der Waals surface area contributed by atoms with Crippen molar-refractivity contribution < 1.29 is 87.7 Å². The van der Waals surface area contributed by atoms with Crippen LogP contribution in [0.2, 0.25) is 0 Å². The SMILES string of the molecule is CCOC(=O)CCC(=O)O[C@H]1[C@H](O[C@@H]2[C@@H](C)[C@H](O[C@H]3C[C@@](C)(OC)[C@@H](O)[C@H](C)O3)[C@@H](C)C(=O)O[C@H](CC)[C@@](C)(O)[C@H](O)[C@@H](C)C(=O)[C@H](C)C[C@@]2(C)O)O[C@H](C)C[C@@H]1N(C)C.C[C@]12CC[C@@H]3c4ccc(O)cc4CC[C@H]3[C@@H]1CC[C@@H]2O. The number of carbonyl (C=O) groups excluding carboxylic acids is 4. The Kier molecular flexibility index (Phi) is 22.0. The molecule has 23 atom stereocenters. The zero-order chi connectivity index (χ0) is 59.6. The minimum absolute atomic E-state index is 0.0431. The van der Waals surface area contributed by atoms with Crippen molar-refractivity contribution in [1.29, 1.82) is 0 Å². The molecule has 1 aromatic rings. The van der Waals surface area contributed by atoms with Crippen molar-refractivity contribution in [3.8, 4) is 5.75 Å². The molecule has 5 fully saturated rings. The van der Waals surface area contributed by atoms with E-state index in [1.807, 2.05) is 38.1 Å². The predicted octanol–water partition coefficient (Wildman–Crippen LogP) is 6.29. The molecule has 0 radical (unpaired) electrons. The van der Waals surface area contributed by atoms with E-state index in [1.165, 1.54) is 58.3 Å². The van der Waals surface area contributed by atoms with Gasteiger partial charge < -0.3 is 73.4 Å². The van der Waals surface area contributed by atoms with E-state index in [-0.39, 0.29) is 50.2 Å². The largest absolute Gasteiger partial charge is 0.508 e. The average molecular weight is 1130 g/mol. The van der Waals surface area contributed by atoms with Crippen LogP contribution < -0.4 is 0 Å². The van der Waals surface area contributed by atoms with Crippen LogP contribution in [-0.4, -0.2) is 177 Å². The van der Waals surface area contributed by atoms with Crippen molar-refractivity contribution in [3.63, 3.8) is 0 Å². The van der Waals surface area contributed by atoms with Crippen LogP contribution in [-0.2, 0) is 63.5 Å². The Labute approximate surface area is 475 Å². The minimum Gasteiger partial charge on any atom is -0.508 e. The fraction of sp³-hybridized carbons (Fsp3) is 0.836. The summed E-state index contributed by atoms with van der Waals surface area (Å²) in [6.45, 7) is 20.2. The number of methoxy groups -OCH3 is 1. The number of Topliss-reactive ketones (excluding diaryl/α,β-unsaturated/α-hetero) is 1. The maximum Gasteiger partial charge on any atom is 0.311 e. The van der Waals surface area contributed by atoms with Crippen LogP contribution in [0.4, 0.5) is 0 Å². The lowest BCUT2D eigenvalue weighted by Crippen LogP contribution is -2.61.